The standard InChI is InChI=1S/C10H14NO6P/c11-9(7-17-18(13,14)15)10(12)16-6-8-4-2-1-3-5-8/h1-5,9H,6-7,11H2,(H2,13,14,15)/t9-/m0/s1. The van der Waals surface area contributed by atoms with Crippen LogP contribution in [0.1, 0.15) is 5.56 Å². The maximum Gasteiger partial charge on any atom is 0.469 e. The monoisotopic (exact) mass is 275 g/mol. The molecule has 0 saturated carbocycles. The van der Waals surface area contributed by atoms with Gasteiger partial charge < -0.3 is 20.3 Å². The quantitative estimate of drug-likeness (QED) is 0.500. The van der Waals surface area contributed by atoms with Crippen molar-refractivity contribution in [3.63, 3.8) is 0 Å². The fourth-order valence-electron chi connectivity index (χ4n) is 1.08. The maximum absolute atomic E-state index is 11.4. The predicted octanol–water partition coefficient (Wildman–Crippen LogP) is 0.166. The molecule has 0 aliphatic rings. The van der Waals surface area contributed by atoms with Gasteiger partial charge >= 0.3 is 13.8 Å². The van der Waals surface area contributed by atoms with Gasteiger partial charge in [-0.15, -0.1) is 0 Å². The van der Waals surface area contributed by atoms with E-state index in [9.17, 15) is 9.36 Å². The van der Waals surface area contributed by atoms with E-state index >= 15 is 0 Å². The van der Waals surface area contributed by atoms with Gasteiger partial charge in [0, 0.05) is 0 Å². The molecule has 1 aromatic carbocycles. The fraction of sp³-hybridized carbons (Fsp3) is 0.300. The number of ether oxygens (including phenoxy) is 1. The zero-order valence-electron chi connectivity index (χ0n) is 9.43. The van der Waals surface area contributed by atoms with E-state index in [2.05, 4.69) is 4.52 Å². The van der Waals surface area contributed by atoms with Crippen molar-refractivity contribution in [1.29, 1.82) is 0 Å². The van der Waals surface area contributed by atoms with Gasteiger partial charge in [0.15, 0.2) is 0 Å². The Morgan fingerprint density at radius 2 is 1.94 bits per heavy atom. The third kappa shape index (κ3) is 5.90. The molecule has 0 amide bonds. The molecule has 0 aliphatic carbocycles. The van der Waals surface area contributed by atoms with Gasteiger partial charge in [-0.25, -0.2) is 4.57 Å². The van der Waals surface area contributed by atoms with Gasteiger partial charge in [0.05, 0.1) is 6.61 Å². The second kappa shape index (κ2) is 6.63. The number of nitrogens with two attached hydrogens (primary N) is 1. The molecule has 1 aromatic rings. The Labute approximate surface area is 104 Å². The Kier molecular flexibility index (Phi) is 5.46. The molecular formula is C10H14NO6P. The molecular weight excluding hydrogens is 261 g/mol. The molecule has 100 valence electrons. The van der Waals surface area contributed by atoms with Crippen LogP contribution in [0.15, 0.2) is 30.3 Å². The predicted molar refractivity (Wildman–Crippen MR) is 62.2 cm³/mol. The summed E-state index contributed by atoms with van der Waals surface area (Å²) in [5.74, 6) is -0.785. The summed E-state index contributed by atoms with van der Waals surface area (Å²) in [7, 11) is -4.62. The molecule has 7 nitrogen and oxygen atoms in total. The summed E-state index contributed by atoms with van der Waals surface area (Å²) in [5, 5.41) is 0. The summed E-state index contributed by atoms with van der Waals surface area (Å²) in [6.45, 7) is -0.554. The second-order valence-electron chi connectivity index (χ2n) is 3.49. The van der Waals surface area contributed by atoms with Crippen molar-refractivity contribution in [3.8, 4) is 0 Å². The van der Waals surface area contributed by atoms with Gasteiger partial charge in [0.1, 0.15) is 12.6 Å². The van der Waals surface area contributed by atoms with Gasteiger partial charge in [-0.05, 0) is 5.56 Å². The lowest BCUT2D eigenvalue weighted by atomic mass is 10.2. The Balaban J connectivity index is 2.34. The first-order valence-electron chi connectivity index (χ1n) is 5.05. The van der Waals surface area contributed by atoms with E-state index < -0.39 is 26.4 Å². The molecule has 1 atom stereocenters. The van der Waals surface area contributed by atoms with Crippen LogP contribution in [0, 0.1) is 0 Å². The molecule has 0 fully saturated rings. The average molecular weight is 275 g/mol. The molecule has 0 aliphatic heterocycles. The van der Waals surface area contributed by atoms with Crippen molar-refractivity contribution in [2.45, 2.75) is 12.6 Å². The van der Waals surface area contributed by atoms with Gasteiger partial charge in [0.2, 0.25) is 0 Å². The zero-order chi connectivity index (χ0) is 13.6. The van der Waals surface area contributed by atoms with Crippen molar-refractivity contribution in [2.75, 3.05) is 6.61 Å². The minimum atomic E-state index is -4.62. The van der Waals surface area contributed by atoms with E-state index in [1.807, 2.05) is 6.07 Å². The molecule has 0 unspecified atom stereocenters. The molecule has 0 heterocycles. The first-order chi connectivity index (χ1) is 8.38. The van der Waals surface area contributed by atoms with Crippen LogP contribution >= 0.6 is 7.82 Å². The summed E-state index contributed by atoms with van der Waals surface area (Å²) in [5.41, 5.74) is 6.13. The molecule has 8 heteroatoms. The van der Waals surface area contributed by atoms with Crippen LogP contribution in [-0.4, -0.2) is 28.4 Å². The normalized spacial score (nSPS) is 13.1. The highest BCUT2D eigenvalue weighted by Crippen LogP contribution is 2.35. The van der Waals surface area contributed by atoms with Crippen LogP contribution in [0.5, 0.6) is 0 Å². The molecule has 4 N–H and O–H groups in total. The molecule has 0 radical (unpaired) electrons. The Hall–Kier alpha value is -1.24. The SMILES string of the molecule is N[C@@H](COP(=O)(O)O)C(=O)OCc1ccccc1. The third-order valence-corrected chi connectivity index (χ3v) is 2.43. The van der Waals surface area contributed by atoms with Gasteiger partial charge in [-0.3, -0.25) is 9.32 Å². The lowest BCUT2D eigenvalue weighted by Gasteiger charge is -2.12. The van der Waals surface area contributed by atoms with E-state index in [4.69, 9.17) is 20.3 Å². The number of carbonyl (C=O) groups is 1. The van der Waals surface area contributed by atoms with Crippen LogP contribution in [0.3, 0.4) is 0 Å². The Bertz CT molecular complexity index is 431. The van der Waals surface area contributed by atoms with E-state index in [0.29, 0.717) is 0 Å². The fourth-order valence-corrected chi connectivity index (χ4v) is 1.44. The third-order valence-electron chi connectivity index (χ3n) is 1.95. The molecule has 0 saturated heterocycles. The topological polar surface area (TPSA) is 119 Å². The van der Waals surface area contributed by atoms with E-state index in [1.54, 1.807) is 24.3 Å². The van der Waals surface area contributed by atoms with Gasteiger partial charge in [-0.2, -0.15) is 0 Å². The van der Waals surface area contributed by atoms with Crippen LogP contribution in [0.4, 0.5) is 0 Å². The van der Waals surface area contributed by atoms with Crippen molar-refractivity contribution >= 4 is 13.8 Å². The highest BCUT2D eigenvalue weighted by Gasteiger charge is 2.21. The Morgan fingerprint density at radius 3 is 2.50 bits per heavy atom. The second-order valence-corrected chi connectivity index (χ2v) is 4.73. The number of carbonyl (C=O) groups excluding carboxylic acids is 1. The van der Waals surface area contributed by atoms with Gasteiger partial charge in [-0.1, -0.05) is 30.3 Å². The summed E-state index contributed by atoms with van der Waals surface area (Å²) in [4.78, 5) is 28.2. The number of hydrogen-bond acceptors (Lipinski definition) is 5. The smallest absolute Gasteiger partial charge is 0.460 e. The van der Waals surface area contributed by atoms with Crippen molar-refractivity contribution in [2.24, 2.45) is 5.73 Å². The van der Waals surface area contributed by atoms with Crippen LogP contribution in [0.25, 0.3) is 0 Å². The number of esters is 1. The summed E-state index contributed by atoms with van der Waals surface area (Å²) in [6.07, 6.45) is 0. The lowest BCUT2D eigenvalue weighted by Crippen LogP contribution is -2.36. The average Bonchev–Trinajstić information content (AvgIpc) is 2.33. The minimum Gasteiger partial charge on any atom is -0.460 e. The number of hydrogen-bond donors (Lipinski definition) is 3. The first kappa shape index (κ1) is 14.8. The highest BCUT2D eigenvalue weighted by molar-refractivity contribution is 7.46. The van der Waals surface area contributed by atoms with Crippen LogP contribution in [-0.2, 0) is 25.2 Å². The molecule has 18 heavy (non-hydrogen) atoms. The van der Waals surface area contributed by atoms with E-state index in [-0.39, 0.29) is 6.61 Å². The minimum absolute atomic E-state index is 0.0449. The van der Waals surface area contributed by atoms with E-state index in [1.165, 1.54) is 0 Å². The molecule has 0 spiro atoms. The maximum atomic E-state index is 11.4. The molecule has 0 aromatic heterocycles. The van der Waals surface area contributed by atoms with Crippen molar-refractivity contribution in [3.05, 3.63) is 35.9 Å². The van der Waals surface area contributed by atoms with Crippen molar-refractivity contribution < 1.29 is 28.4 Å². The van der Waals surface area contributed by atoms with Crippen LogP contribution in [0.2, 0.25) is 0 Å². The van der Waals surface area contributed by atoms with Crippen LogP contribution < -0.4 is 5.73 Å². The molecule has 0 bridgehead atoms. The number of phosphoric ester groups is 1. The van der Waals surface area contributed by atoms with Crippen molar-refractivity contribution in [1.82, 2.24) is 0 Å². The number of benzene rings is 1. The highest BCUT2D eigenvalue weighted by atomic mass is 31.2. The number of rotatable bonds is 6. The Morgan fingerprint density at radius 1 is 1.33 bits per heavy atom. The number of phosphoric acid groups is 1. The summed E-state index contributed by atoms with van der Waals surface area (Å²) < 4.78 is 19.4. The summed E-state index contributed by atoms with van der Waals surface area (Å²) in [6, 6.07) is 7.71. The largest absolute Gasteiger partial charge is 0.469 e. The van der Waals surface area contributed by atoms with E-state index in [0.717, 1.165) is 5.56 Å². The van der Waals surface area contributed by atoms with Gasteiger partial charge in [0.25, 0.3) is 0 Å². The molecule has 1 rings (SSSR count). The summed E-state index contributed by atoms with van der Waals surface area (Å²) >= 11 is 0. The lowest BCUT2D eigenvalue weighted by molar-refractivity contribution is -0.147. The first-order valence-corrected chi connectivity index (χ1v) is 6.58. The zero-order valence-corrected chi connectivity index (χ0v) is 10.3.